The topological polar surface area (TPSA) is 76.0 Å². The number of aliphatic carboxylic acids is 1. The highest BCUT2D eigenvalue weighted by atomic mass is 16.5. The van der Waals surface area contributed by atoms with Crippen molar-refractivity contribution >= 4 is 5.97 Å². The minimum Gasteiger partial charge on any atom is -0.497 e. The summed E-state index contributed by atoms with van der Waals surface area (Å²) in [4.78, 5) is 11.4. The zero-order valence-electron chi connectivity index (χ0n) is 12.3. The van der Waals surface area contributed by atoms with Gasteiger partial charge in [-0.15, -0.1) is 0 Å². The van der Waals surface area contributed by atoms with Crippen LogP contribution in [-0.4, -0.2) is 30.4 Å². The minimum absolute atomic E-state index is 0.386. The van der Waals surface area contributed by atoms with Crippen molar-refractivity contribution in [2.24, 2.45) is 5.92 Å². The fourth-order valence-corrected chi connectivity index (χ4v) is 2.34. The Labute approximate surface area is 119 Å². The van der Waals surface area contributed by atoms with Gasteiger partial charge in [-0.2, -0.15) is 0 Å². The molecule has 0 fully saturated rings. The third-order valence-electron chi connectivity index (χ3n) is 3.51. The van der Waals surface area contributed by atoms with E-state index in [0.717, 1.165) is 0 Å². The Morgan fingerprint density at radius 1 is 1.35 bits per heavy atom. The zero-order valence-corrected chi connectivity index (χ0v) is 12.3. The third kappa shape index (κ3) is 3.22. The first-order valence-corrected chi connectivity index (χ1v) is 6.56. The Morgan fingerprint density at radius 2 is 2.00 bits per heavy atom. The van der Waals surface area contributed by atoms with E-state index in [9.17, 15) is 15.0 Å². The maximum absolute atomic E-state index is 11.4. The largest absolute Gasteiger partial charge is 0.497 e. The van der Waals surface area contributed by atoms with Gasteiger partial charge in [-0.3, -0.25) is 4.79 Å². The molecule has 0 aliphatic carbocycles. The highest BCUT2D eigenvalue weighted by Crippen LogP contribution is 2.39. The van der Waals surface area contributed by atoms with Crippen molar-refractivity contribution < 1.29 is 24.5 Å². The van der Waals surface area contributed by atoms with Gasteiger partial charge in [-0.1, -0.05) is 13.3 Å². The summed E-state index contributed by atoms with van der Waals surface area (Å²) in [7, 11) is 3.01. The van der Waals surface area contributed by atoms with Crippen LogP contribution in [-0.2, 0) is 10.4 Å². The SMILES string of the molecule is CCCC(C(=O)O)C(C)(O)c1ccc(OC)cc1OC. The van der Waals surface area contributed by atoms with E-state index in [1.807, 2.05) is 6.92 Å². The predicted octanol–water partition coefficient (Wildman–Crippen LogP) is 2.41. The molecule has 112 valence electrons. The first-order valence-electron chi connectivity index (χ1n) is 6.56. The summed E-state index contributed by atoms with van der Waals surface area (Å²) in [6.07, 6.45) is 1.06. The third-order valence-corrected chi connectivity index (χ3v) is 3.51. The molecule has 1 aromatic rings. The number of carboxylic acid groups (broad SMARTS) is 1. The van der Waals surface area contributed by atoms with E-state index in [0.29, 0.717) is 29.9 Å². The molecule has 0 saturated heterocycles. The van der Waals surface area contributed by atoms with Crippen molar-refractivity contribution in [3.8, 4) is 11.5 Å². The molecule has 0 saturated carbocycles. The van der Waals surface area contributed by atoms with Crippen molar-refractivity contribution in [1.29, 1.82) is 0 Å². The van der Waals surface area contributed by atoms with Crippen LogP contribution in [0.15, 0.2) is 18.2 Å². The summed E-state index contributed by atoms with van der Waals surface area (Å²) in [6.45, 7) is 3.39. The molecule has 0 aliphatic rings. The number of ether oxygens (including phenoxy) is 2. The van der Waals surface area contributed by atoms with Gasteiger partial charge in [0.25, 0.3) is 0 Å². The molecular weight excluding hydrogens is 260 g/mol. The lowest BCUT2D eigenvalue weighted by molar-refractivity contribution is -0.152. The fourth-order valence-electron chi connectivity index (χ4n) is 2.34. The van der Waals surface area contributed by atoms with Crippen molar-refractivity contribution in [2.45, 2.75) is 32.3 Å². The van der Waals surface area contributed by atoms with Crippen LogP contribution >= 0.6 is 0 Å². The highest BCUT2D eigenvalue weighted by Gasteiger charge is 2.40. The molecule has 1 aromatic carbocycles. The molecule has 1 rings (SSSR count). The smallest absolute Gasteiger partial charge is 0.309 e. The Bertz CT molecular complexity index is 467. The van der Waals surface area contributed by atoms with Crippen molar-refractivity contribution in [2.75, 3.05) is 14.2 Å². The van der Waals surface area contributed by atoms with E-state index in [-0.39, 0.29) is 0 Å². The zero-order chi connectivity index (χ0) is 15.3. The number of methoxy groups -OCH3 is 2. The lowest BCUT2D eigenvalue weighted by Gasteiger charge is -2.31. The molecule has 5 heteroatoms. The van der Waals surface area contributed by atoms with Crippen LogP contribution in [0.4, 0.5) is 0 Å². The average Bonchev–Trinajstić information content (AvgIpc) is 2.43. The molecule has 0 spiro atoms. The van der Waals surface area contributed by atoms with Crippen molar-refractivity contribution in [1.82, 2.24) is 0 Å². The molecule has 2 N–H and O–H groups in total. The predicted molar refractivity (Wildman–Crippen MR) is 75.2 cm³/mol. The van der Waals surface area contributed by atoms with Crippen LogP contribution < -0.4 is 9.47 Å². The summed E-state index contributed by atoms with van der Waals surface area (Å²) in [5, 5.41) is 20.1. The van der Waals surface area contributed by atoms with Crippen LogP contribution in [0.3, 0.4) is 0 Å². The van der Waals surface area contributed by atoms with E-state index in [2.05, 4.69) is 0 Å². The van der Waals surface area contributed by atoms with Crippen LogP contribution in [0.2, 0.25) is 0 Å². The van der Waals surface area contributed by atoms with E-state index < -0.39 is 17.5 Å². The van der Waals surface area contributed by atoms with Gasteiger partial charge in [0.05, 0.1) is 20.1 Å². The quantitative estimate of drug-likeness (QED) is 0.803. The van der Waals surface area contributed by atoms with Gasteiger partial charge in [0.15, 0.2) is 0 Å². The van der Waals surface area contributed by atoms with Crippen LogP contribution in [0.1, 0.15) is 32.3 Å². The lowest BCUT2D eigenvalue weighted by atomic mass is 9.80. The van der Waals surface area contributed by atoms with E-state index in [1.165, 1.54) is 21.1 Å². The number of carbonyl (C=O) groups is 1. The summed E-state index contributed by atoms with van der Waals surface area (Å²) >= 11 is 0. The van der Waals surface area contributed by atoms with E-state index >= 15 is 0 Å². The number of benzene rings is 1. The minimum atomic E-state index is -1.51. The Hall–Kier alpha value is -1.75. The maximum atomic E-state index is 11.4. The van der Waals surface area contributed by atoms with Gasteiger partial charge in [0.2, 0.25) is 0 Å². The summed E-state index contributed by atoms with van der Waals surface area (Å²) < 4.78 is 10.4. The average molecular weight is 282 g/mol. The van der Waals surface area contributed by atoms with Gasteiger partial charge < -0.3 is 19.7 Å². The molecule has 0 bridgehead atoms. The van der Waals surface area contributed by atoms with Gasteiger partial charge in [-0.05, 0) is 25.5 Å². The van der Waals surface area contributed by atoms with E-state index in [1.54, 1.807) is 18.2 Å². The fraction of sp³-hybridized carbons (Fsp3) is 0.533. The second-order valence-electron chi connectivity index (χ2n) is 4.89. The van der Waals surface area contributed by atoms with Crippen molar-refractivity contribution in [3.05, 3.63) is 23.8 Å². The van der Waals surface area contributed by atoms with Crippen LogP contribution in [0.5, 0.6) is 11.5 Å². The van der Waals surface area contributed by atoms with Crippen LogP contribution in [0, 0.1) is 5.92 Å². The highest BCUT2D eigenvalue weighted by molar-refractivity contribution is 5.72. The number of aliphatic hydroxyl groups is 1. The first kappa shape index (κ1) is 16.3. The monoisotopic (exact) mass is 282 g/mol. The molecule has 0 aliphatic heterocycles. The van der Waals surface area contributed by atoms with Gasteiger partial charge in [0.1, 0.15) is 17.1 Å². The number of hydrogen-bond donors (Lipinski definition) is 2. The second-order valence-corrected chi connectivity index (χ2v) is 4.89. The molecule has 5 nitrogen and oxygen atoms in total. The normalized spacial score (nSPS) is 15.2. The number of rotatable bonds is 7. The molecule has 20 heavy (non-hydrogen) atoms. The van der Waals surface area contributed by atoms with Crippen molar-refractivity contribution in [3.63, 3.8) is 0 Å². The Morgan fingerprint density at radius 3 is 2.45 bits per heavy atom. The standard InChI is InChI=1S/C15H22O5/c1-5-6-12(14(16)17)15(2,18)11-8-7-10(19-3)9-13(11)20-4/h7-9,12,18H,5-6H2,1-4H3,(H,16,17). The number of hydrogen-bond acceptors (Lipinski definition) is 4. The molecule has 2 unspecified atom stereocenters. The maximum Gasteiger partial charge on any atom is 0.309 e. The first-order chi connectivity index (χ1) is 9.38. The Kier molecular flexibility index (Phi) is 5.39. The molecular formula is C15H22O5. The van der Waals surface area contributed by atoms with Crippen LogP contribution in [0.25, 0.3) is 0 Å². The number of carboxylic acids is 1. The summed E-state index contributed by atoms with van der Waals surface area (Å²) in [5.74, 6) is -0.912. The van der Waals surface area contributed by atoms with E-state index in [4.69, 9.17) is 9.47 Å². The molecule has 0 heterocycles. The summed E-state index contributed by atoms with van der Waals surface area (Å²) in [5.41, 5.74) is -1.07. The van der Waals surface area contributed by atoms with Gasteiger partial charge >= 0.3 is 5.97 Å². The lowest BCUT2D eigenvalue weighted by Crippen LogP contribution is -2.37. The molecule has 0 radical (unpaired) electrons. The van der Waals surface area contributed by atoms with Gasteiger partial charge in [-0.25, -0.2) is 0 Å². The summed E-state index contributed by atoms with van der Waals surface area (Å²) in [6, 6.07) is 4.95. The second kappa shape index (κ2) is 6.61. The molecule has 2 atom stereocenters. The Balaban J connectivity index is 3.28. The molecule has 0 aromatic heterocycles. The van der Waals surface area contributed by atoms with Gasteiger partial charge in [0, 0.05) is 11.6 Å². The molecule has 0 amide bonds.